The predicted octanol–water partition coefficient (Wildman–Crippen LogP) is 2.18. The van der Waals surface area contributed by atoms with Crippen molar-refractivity contribution in [3.05, 3.63) is 95.8 Å². The van der Waals surface area contributed by atoms with Crippen LogP contribution in [0.1, 0.15) is 33.9 Å². The van der Waals surface area contributed by atoms with E-state index in [9.17, 15) is 19.5 Å². The molecular formula is C26H25N7O4. The maximum Gasteiger partial charge on any atom is 0.305 e. The van der Waals surface area contributed by atoms with E-state index in [-0.39, 0.29) is 31.0 Å². The summed E-state index contributed by atoms with van der Waals surface area (Å²) in [7, 11) is 0. The Labute approximate surface area is 213 Å². The third kappa shape index (κ3) is 8.80. The molecule has 0 radical (unpaired) electrons. The minimum atomic E-state index is -1.06. The van der Waals surface area contributed by atoms with E-state index in [1.54, 1.807) is 73.1 Å². The quantitative estimate of drug-likeness (QED) is 0.122. The third-order valence-electron chi connectivity index (χ3n) is 5.03. The molecule has 11 nitrogen and oxygen atoms in total. The van der Waals surface area contributed by atoms with Crippen LogP contribution >= 0.6 is 0 Å². The van der Waals surface area contributed by atoms with Crippen LogP contribution in [0.25, 0.3) is 0 Å². The van der Waals surface area contributed by atoms with E-state index in [2.05, 4.69) is 31.2 Å². The highest BCUT2D eigenvalue weighted by Crippen LogP contribution is 2.16. The predicted molar refractivity (Wildman–Crippen MR) is 136 cm³/mol. The maximum atomic E-state index is 12.6. The van der Waals surface area contributed by atoms with Crippen LogP contribution in [0.2, 0.25) is 0 Å². The lowest BCUT2D eigenvalue weighted by atomic mass is 10.0. The number of hydrogen-bond donors (Lipinski definition) is 5. The first kappa shape index (κ1) is 26.4. The summed E-state index contributed by atoms with van der Waals surface area (Å²) in [6.07, 6.45) is 4.84. The molecular weight excluding hydrogens is 474 g/mol. The Bertz CT molecular complexity index is 1290. The number of aliphatic carboxylic acids is 1. The van der Waals surface area contributed by atoms with Gasteiger partial charge in [0, 0.05) is 23.6 Å². The number of amides is 2. The van der Waals surface area contributed by atoms with E-state index in [1.807, 2.05) is 12.3 Å². The highest BCUT2D eigenvalue weighted by atomic mass is 16.4. The molecule has 3 rings (SSSR count). The van der Waals surface area contributed by atoms with E-state index in [1.165, 1.54) is 0 Å². The van der Waals surface area contributed by atoms with Gasteiger partial charge in [0.25, 0.3) is 5.91 Å². The lowest BCUT2D eigenvalue weighted by Crippen LogP contribution is -2.39. The molecule has 0 fully saturated rings. The molecule has 1 atom stereocenters. The van der Waals surface area contributed by atoms with Gasteiger partial charge in [-0.15, -0.1) is 0 Å². The third-order valence-corrected chi connectivity index (χ3v) is 5.03. The number of carbonyl (C=O) groups is 3. The molecule has 0 spiro atoms. The van der Waals surface area contributed by atoms with E-state index in [0.29, 0.717) is 11.3 Å². The zero-order valence-corrected chi connectivity index (χ0v) is 19.7. The molecule has 0 saturated heterocycles. The number of aromatic nitrogens is 1. The van der Waals surface area contributed by atoms with Gasteiger partial charge in [-0.3, -0.25) is 24.7 Å². The van der Waals surface area contributed by atoms with Crippen molar-refractivity contribution in [1.82, 2.24) is 20.9 Å². The Balaban J connectivity index is 1.59. The molecule has 2 aromatic carbocycles. The summed E-state index contributed by atoms with van der Waals surface area (Å²) in [5.74, 6) is -1.90. The van der Waals surface area contributed by atoms with Gasteiger partial charge in [0.05, 0.1) is 25.6 Å². The summed E-state index contributed by atoms with van der Waals surface area (Å²) in [4.78, 5) is 44.6. The summed E-state index contributed by atoms with van der Waals surface area (Å²) < 4.78 is 0. The first-order valence-corrected chi connectivity index (χ1v) is 11.2. The van der Waals surface area contributed by atoms with Gasteiger partial charge >= 0.3 is 5.97 Å². The number of aliphatic imine (C=N–C) groups is 1. The zero-order chi connectivity index (χ0) is 26.5. The molecule has 11 heteroatoms. The molecule has 0 saturated carbocycles. The highest BCUT2D eigenvalue weighted by molar-refractivity contribution is 5.99. The minimum absolute atomic E-state index is 0.189. The number of benzene rings is 2. The van der Waals surface area contributed by atoms with Gasteiger partial charge in [0.1, 0.15) is 0 Å². The van der Waals surface area contributed by atoms with Crippen molar-refractivity contribution in [2.75, 3.05) is 11.9 Å². The second-order valence-corrected chi connectivity index (χ2v) is 7.78. The van der Waals surface area contributed by atoms with Crippen LogP contribution in [0.3, 0.4) is 0 Å². The van der Waals surface area contributed by atoms with Gasteiger partial charge in [0.2, 0.25) is 11.9 Å². The topological polar surface area (TPSA) is 169 Å². The standard InChI is InChI=1S/C26H25N7O4/c27-17-31-26(30-15-18-6-5-11-28-14-18)32-21-10-4-9-20(12-21)25(37)29-16-23(34)33-22(13-24(35)36)19-7-2-1-3-8-19/h1-12,14,22H,13,15-16H2,(H,29,37)(H,33,34)(H,35,36)(H2,30,31,32). The fourth-order valence-corrected chi connectivity index (χ4v) is 3.32. The lowest BCUT2D eigenvalue weighted by molar-refractivity contribution is -0.137. The number of carbonyl (C=O) groups excluding carboxylic acids is 2. The van der Waals surface area contributed by atoms with E-state index >= 15 is 0 Å². The number of anilines is 1. The molecule has 0 aliphatic carbocycles. The van der Waals surface area contributed by atoms with E-state index < -0.39 is 23.8 Å². The van der Waals surface area contributed by atoms with Gasteiger partial charge in [0.15, 0.2) is 6.19 Å². The van der Waals surface area contributed by atoms with Crippen LogP contribution in [-0.4, -0.2) is 40.4 Å². The number of nitrogens with one attached hydrogen (secondary N) is 4. The molecule has 0 aliphatic rings. The molecule has 0 bridgehead atoms. The highest BCUT2D eigenvalue weighted by Gasteiger charge is 2.18. The Morgan fingerprint density at radius 3 is 2.57 bits per heavy atom. The molecule has 1 heterocycles. The first-order valence-electron chi connectivity index (χ1n) is 11.2. The molecule has 1 unspecified atom stereocenters. The van der Waals surface area contributed by atoms with Crippen molar-refractivity contribution in [3.63, 3.8) is 0 Å². The largest absolute Gasteiger partial charge is 0.481 e. The first-order chi connectivity index (χ1) is 17.9. The lowest BCUT2D eigenvalue weighted by Gasteiger charge is -2.17. The summed E-state index contributed by atoms with van der Waals surface area (Å²) in [5.41, 5.74) is 2.27. The minimum Gasteiger partial charge on any atom is -0.481 e. The van der Waals surface area contributed by atoms with Gasteiger partial charge in [-0.25, -0.2) is 4.99 Å². The Morgan fingerprint density at radius 1 is 1.05 bits per heavy atom. The van der Waals surface area contributed by atoms with Crippen molar-refractivity contribution in [2.24, 2.45) is 4.99 Å². The number of pyridine rings is 1. The molecule has 37 heavy (non-hydrogen) atoms. The van der Waals surface area contributed by atoms with Gasteiger partial charge < -0.3 is 21.1 Å². The molecule has 188 valence electrons. The number of nitrogens with zero attached hydrogens (tertiary/aromatic N) is 3. The summed E-state index contributed by atoms with van der Waals surface area (Å²) >= 11 is 0. The molecule has 5 N–H and O–H groups in total. The van der Waals surface area contributed by atoms with Crippen molar-refractivity contribution in [2.45, 2.75) is 19.0 Å². The number of carboxylic acids is 1. The molecule has 3 aromatic rings. The fraction of sp³-hybridized carbons (Fsp3) is 0.154. The number of rotatable bonds is 10. The maximum absolute atomic E-state index is 12.6. The zero-order valence-electron chi connectivity index (χ0n) is 19.7. The fourth-order valence-electron chi connectivity index (χ4n) is 3.32. The average molecular weight is 500 g/mol. The average Bonchev–Trinajstić information content (AvgIpc) is 2.91. The monoisotopic (exact) mass is 499 g/mol. The number of nitriles is 1. The van der Waals surface area contributed by atoms with Crippen LogP contribution in [0.4, 0.5) is 5.69 Å². The Kier molecular flexibility index (Phi) is 9.69. The van der Waals surface area contributed by atoms with Gasteiger partial charge in [-0.1, -0.05) is 42.5 Å². The molecule has 2 amide bonds. The summed E-state index contributed by atoms with van der Waals surface area (Å²) in [5, 5.41) is 28.8. The number of carboxylic acid groups (broad SMARTS) is 1. The smallest absolute Gasteiger partial charge is 0.305 e. The van der Waals surface area contributed by atoms with E-state index in [0.717, 1.165) is 5.56 Å². The van der Waals surface area contributed by atoms with Crippen LogP contribution in [0, 0.1) is 11.5 Å². The normalized spacial score (nSPS) is 11.5. The van der Waals surface area contributed by atoms with Gasteiger partial charge in [-0.05, 0) is 35.4 Å². The second kappa shape index (κ2) is 13.6. The van der Waals surface area contributed by atoms with Gasteiger partial charge in [-0.2, -0.15) is 5.26 Å². The van der Waals surface area contributed by atoms with Crippen molar-refractivity contribution in [1.29, 1.82) is 5.26 Å². The SMILES string of the molecule is N#CNC(=NCc1cccnc1)Nc1cccc(C(=O)NCC(=O)NC(CC(=O)O)c2ccccc2)c1. The Morgan fingerprint density at radius 2 is 1.86 bits per heavy atom. The Hall–Kier alpha value is -5.24. The summed E-state index contributed by atoms with van der Waals surface area (Å²) in [6, 6.07) is 18.1. The van der Waals surface area contributed by atoms with Crippen LogP contribution in [0.5, 0.6) is 0 Å². The molecule has 1 aromatic heterocycles. The second-order valence-electron chi connectivity index (χ2n) is 7.78. The number of guanidine groups is 1. The van der Waals surface area contributed by atoms with Crippen LogP contribution < -0.4 is 21.3 Å². The molecule has 0 aliphatic heterocycles. The van der Waals surface area contributed by atoms with Crippen molar-refractivity contribution < 1.29 is 19.5 Å². The van der Waals surface area contributed by atoms with Crippen molar-refractivity contribution >= 4 is 29.4 Å². The van der Waals surface area contributed by atoms with Crippen LogP contribution in [-0.2, 0) is 16.1 Å². The van der Waals surface area contributed by atoms with E-state index in [4.69, 9.17) is 5.26 Å². The van der Waals surface area contributed by atoms with Crippen molar-refractivity contribution in [3.8, 4) is 6.19 Å². The van der Waals surface area contributed by atoms with Crippen LogP contribution in [0.15, 0.2) is 84.1 Å². The summed E-state index contributed by atoms with van der Waals surface area (Å²) in [6.45, 7) is -0.0563. The number of hydrogen-bond acceptors (Lipinski definition) is 6.